The van der Waals surface area contributed by atoms with E-state index in [1.165, 1.54) is 25.1 Å². The minimum Gasteiger partial charge on any atom is -0.259 e. The summed E-state index contributed by atoms with van der Waals surface area (Å²) in [6, 6.07) is 2.81. The lowest BCUT2D eigenvalue weighted by Gasteiger charge is -1.86. The van der Waals surface area contributed by atoms with Crippen LogP contribution in [0.4, 0.5) is 5.00 Å². The number of rotatable bonds is 3. The number of nitrogens with zero attached hydrogens (tertiary/aromatic N) is 2. The van der Waals surface area contributed by atoms with Gasteiger partial charge >= 0.3 is 5.00 Å². The summed E-state index contributed by atoms with van der Waals surface area (Å²) < 4.78 is 0. The molecule has 7 heteroatoms. The molecule has 14 heavy (non-hydrogen) atoms. The second kappa shape index (κ2) is 3.97. The van der Waals surface area contributed by atoms with Crippen molar-refractivity contribution in [2.45, 2.75) is 6.92 Å². The first-order valence-corrected chi connectivity index (χ1v) is 4.39. The van der Waals surface area contributed by atoms with Crippen molar-refractivity contribution in [1.82, 2.24) is 0 Å². The Balaban J connectivity index is 2.93. The van der Waals surface area contributed by atoms with Crippen LogP contribution in [-0.4, -0.2) is 9.85 Å². The van der Waals surface area contributed by atoms with Gasteiger partial charge in [-0.15, -0.1) is 0 Å². The first kappa shape index (κ1) is 10.3. The highest BCUT2D eigenvalue weighted by atomic mass is 32.1. The molecule has 0 saturated carbocycles. The fraction of sp³-hybridized carbons (Fsp3) is 0.143. The predicted molar refractivity (Wildman–Crippen MR) is 51.6 cm³/mol. The quantitative estimate of drug-likeness (QED) is 0.570. The molecule has 1 heterocycles. The average molecular weight is 214 g/mol. The lowest BCUT2D eigenvalue weighted by Crippen LogP contribution is -1.91. The summed E-state index contributed by atoms with van der Waals surface area (Å²) >= 11 is 0.907. The van der Waals surface area contributed by atoms with Crippen LogP contribution in [0.1, 0.15) is 11.8 Å². The van der Waals surface area contributed by atoms with Gasteiger partial charge in [-0.25, -0.2) is 0 Å². The molecule has 0 radical (unpaired) electrons. The minimum absolute atomic E-state index is 0.0209. The summed E-state index contributed by atoms with van der Waals surface area (Å²) in [5.74, 6) is 0. The number of hydrogen-bond acceptors (Lipinski definition) is 5. The molecule has 74 valence electrons. The molecule has 0 unspecified atom stereocenters. The van der Waals surface area contributed by atoms with Crippen molar-refractivity contribution in [2.75, 3.05) is 0 Å². The van der Waals surface area contributed by atoms with Crippen LogP contribution >= 0.6 is 11.3 Å². The molecule has 0 aliphatic rings. The third-order valence-electron chi connectivity index (χ3n) is 1.43. The second-order valence-electron chi connectivity index (χ2n) is 2.48. The van der Waals surface area contributed by atoms with Crippen molar-refractivity contribution < 1.29 is 9.85 Å². The summed E-state index contributed by atoms with van der Waals surface area (Å²) in [6.07, 6.45) is 1.30. The van der Waals surface area contributed by atoms with E-state index in [-0.39, 0.29) is 10.7 Å². The maximum absolute atomic E-state index is 10.3. The van der Waals surface area contributed by atoms with E-state index in [9.17, 15) is 20.2 Å². The molecule has 0 amide bonds. The summed E-state index contributed by atoms with van der Waals surface area (Å²) in [5, 5.41) is 20.5. The largest absolute Gasteiger partial charge is 0.324 e. The molecule has 6 nitrogen and oxygen atoms in total. The molecular formula is C7H6N2O4S. The third kappa shape index (κ3) is 2.36. The first-order valence-electron chi connectivity index (χ1n) is 3.57. The van der Waals surface area contributed by atoms with Crippen LogP contribution in [0.5, 0.6) is 0 Å². The van der Waals surface area contributed by atoms with Gasteiger partial charge in [0.15, 0.2) is 0 Å². The van der Waals surface area contributed by atoms with E-state index in [2.05, 4.69) is 0 Å². The number of allylic oxidation sites excluding steroid dienone is 1. The second-order valence-corrected chi connectivity index (χ2v) is 3.57. The zero-order valence-corrected chi connectivity index (χ0v) is 7.98. The van der Waals surface area contributed by atoms with Crippen LogP contribution in [0, 0.1) is 20.2 Å². The van der Waals surface area contributed by atoms with E-state index >= 15 is 0 Å². The average Bonchev–Trinajstić information content (AvgIpc) is 2.52. The fourth-order valence-electron chi connectivity index (χ4n) is 0.776. The molecule has 0 aliphatic heterocycles. The van der Waals surface area contributed by atoms with Crippen LogP contribution in [0.15, 0.2) is 17.8 Å². The number of thiophene rings is 1. The maximum Gasteiger partial charge on any atom is 0.324 e. The molecule has 0 aromatic carbocycles. The van der Waals surface area contributed by atoms with E-state index in [0.29, 0.717) is 4.88 Å². The van der Waals surface area contributed by atoms with E-state index in [1.54, 1.807) is 0 Å². The van der Waals surface area contributed by atoms with E-state index < -0.39 is 9.85 Å². The Morgan fingerprint density at radius 1 is 1.43 bits per heavy atom. The van der Waals surface area contributed by atoms with E-state index in [0.717, 1.165) is 11.3 Å². The van der Waals surface area contributed by atoms with Gasteiger partial charge in [-0.1, -0.05) is 11.3 Å². The normalized spacial score (nSPS) is 11.4. The monoisotopic (exact) mass is 214 g/mol. The SMILES string of the molecule is C/C(=C/c1ccc([N+](=O)[O-])s1)[N+](=O)[O-]. The molecular weight excluding hydrogens is 208 g/mol. The summed E-state index contributed by atoms with van der Waals surface area (Å²) in [6.45, 7) is 1.34. The van der Waals surface area contributed by atoms with Gasteiger partial charge in [0.1, 0.15) is 0 Å². The van der Waals surface area contributed by atoms with Crippen molar-refractivity contribution in [3.05, 3.63) is 42.9 Å². The molecule has 0 fully saturated rings. The molecule has 0 bridgehead atoms. The van der Waals surface area contributed by atoms with Crippen LogP contribution in [0.3, 0.4) is 0 Å². The van der Waals surface area contributed by atoms with Crippen LogP contribution in [0.25, 0.3) is 6.08 Å². The number of nitro groups is 2. The molecule has 1 aromatic heterocycles. The molecule has 0 N–H and O–H groups in total. The van der Waals surface area contributed by atoms with Crippen molar-refractivity contribution in [2.24, 2.45) is 0 Å². The highest BCUT2D eigenvalue weighted by molar-refractivity contribution is 7.16. The Morgan fingerprint density at radius 2 is 2.07 bits per heavy atom. The third-order valence-corrected chi connectivity index (χ3v) is 2.42. The Labute approximate surface area is 82.8 Å². The molecule has 0 saturated heterocycles. The van der Waals surface area contributed by atoms with Gasteiger partial charge in [0.05, 0.1) is 9.85 Å². The minimum atomic E-state index is -0.536. The van der Waals surface area contributed by atoms with Crippen LogP contribution in [-0.2, 0) is 0 Å². The molecule has 0 atom stereocenters. The topological polar surface area (TPSA) is 86.3 Å². The molecule has 0 spiro atoms. The standard InChI is InChI=1S/C7H6N2O4S/c1-5(8(10)11)4-6-2-3-7(14-6)9(12)13/h2-4H,1H3/b5-4-. The number of hydrogen-bond donors (Lipinski definition) is 0. The molecule has 0 aliphatic carbocycles. The smallest absolute Gasteiger partial charge is 0.259 e. The van der Waals surface area contributed by atoms with Gasteiger partial charge in [0.2, 0.25) is 5.70 Å². The van der Waals surface area contributed by atoms with Gasteiger partial charge < -0.3 is 0 Å². The summed E-state index contributed by atoms with van der Waals surface area (Å²) in [7, 11) is 0. The Morgan fingerprint density at radius 3 is 2.50 bits per heavy atom. The zero-order chi connectivity index (χ0) is 10.7. The molecule has 1 rings (SSSR count). The predicted octanol–water partition coefficient (Wildman–Crippen LogP) is 2.29. The lowest BCUT2D eigenvalue weighted by molar-refractivity contribution is -0.422. The first-order chi connectivity index (χ1) is 6.50. The zero-order valence-electron chi connectivity index (χ0n) is 7.17. The Bertz CT molecular complexity index is 410. The van der Waals surface area contributed by atoms with Gasteiger partial charge in [-0.3, -0.25) is 20.2 Å². The molecule has 1 aromatic rings. The van der Waals surface area contributed by atoms with Crippen LogP contribution in [0.2, 0.25) is 0 Å². The summed E-state index contributed by atoms with van der Waals surface area (Å²) in [4.78, 5) is 20.0. The van der Waals surface area contributed by atoms with Crippen LogP contribution < -0.4 is 0 Å². The van der Waals surface area contributed by atoms with Gasteiger partial charge in [-0.05, 0) is 6.07 Å². The van der Waals surface area contributed by atoms with Gasteiger partial charge in [0, 0.05) is 23.9 Å². The van der Waals surface area contributed by atoms with Gasteiger partial charge in [-0.2, -0.15) is 0 Å². The Kier molecular flexibility index (Phi) is 2.92. The fourth-order valence-corrected chi connectivity index (χ4v) is 1.59. The van der Waals surface area contributed by atoms with Crippen molar-refractivity contribution >= 4 is 22.4 Å². The van der Waals surface area contributed by atoms with Crippen molar-refractivity contribution in [3.63, 3.8) is 0 Å². The summed E-state index contributed by atoms with van der Waals surface area (Å²) in [5.41, 5.74) is -0.0400. The van der Waals surface area contributed by atoms with E-state index in [1.807, 2.05) is 0 Å². The highest BCUT2D eigenvalue weighted by Crippen LogP contribution is 2.25. The van der Waals surface area contributed by atoms with Crippen molar-refractivity contribution in [1.29, 1.82) is 0 Å². The maximum atomic E-state index is 10.3. The van der Waals surface area contributed by atoms with E-state index in [4.69, 9.17) is 0 Å². The van der Waals surface area contributed by atoms with Crippen molar-refractivity contribution in [3.8, 4) is 0 Å². The highest BCUT2D eigenvalue weighted by Gasteiger charge is 2.10. The lowest BCUT2D eigenvalue weighted by atomic mass is 10.4. The Hall–Kier alpha value is -1.76. The van der Waals surface area contributed by atoms with Gasteiger partial charge in [0.25, 0.3) is 0 Å².